The van der Waals surface area contributed by atoms with Gasteiger partial charge >= 0.3 is 6.18 Å². The van der Waals surface area contributed by atoms with E-state index < -0.39 is 11.9 Å². The number of nitrogens with zero attached hydrogens (tertiary/aromatic N) is 3. The third-order valence-electron chi connectivity index (χ3n) is 3.36. The molecule has 2 rings (SSSR count). The number of hydrogen-bond donors (Lipinski definition) is 2. The zero-order valence-electron chi connectivity index (χ0n) is 15.1. The van der Waals surface area contributed by atoms with E-state index in [0.29, 0.717) is 49.5 Å². The lowest BCUT2D eigenvalue weighted by molar-refractivity contribution is -0.140. The second kappa shape index (κ2) is 10.1. The number of guanidine groups is 1. The van der Waals surface area contributed by atoms with Crippen LogP contribution in [-0.4, -0.2) is 35.6 Å². The number of aromatic nitrogens is 2. The summed E-state index contributed by atoms with van der Waals surface area (Å²) in [5.74, 6) is 1.11. The lowest BCUT2D eigenvalue weighted by atomic mass is 10.3. The summed E-state index contributed by atoms with van der Waals surface area (Å²) in [6.07, 6.45) is -2.37. The Morgan fingerprint density at radius 2 is 2.11 bits per heavy atom. The van der Waals surface area contributed by atoms with Crippen molar-refractivity contribution in [2.24, 2.45) is 4.99 Å². The molecule has 0 amide bonds. The van der Waals surface area contributed by atoms with Crippen molar-refractivity contribution in [3.8, 4) is 5.88 Å². The van der Waals surface area contributed by atoms with Crippen LogP contribution < -0.4 is 15.4 Å². The van der Waals surface area contributed by atoms with Gasteiger partial charge in [-0.1, -0.05) is 6.07 Å². The molecular formula is C17H22F3N5OS. The van der Waals surface area contributed by atoms with Crippen LogP contribution >= 0.6 is 11.3 Å². The Balaban J connectivity index is 1.93. The highest BCUT2D eigenvalue weighted by Crippen LogP contribution is 2.30. The Kier molecular flexibility index (Phi) is 7.83. The summed E-state index contributed by atoms with van der Waals surface area (Å²) in [5.41, 5.74) is 0.00870. The zero-order valence-corrected chi connectivity index (χ0v) is 16.0. The minimum Gasteiger partial charge on any atom is -0.478 e. The average Bonchev–Trinajstić information content (AvgIpc) is 3.10. The van der Waals surface area contributed by atoms with Crippen LogP contribution in [0.3, 0.4) is 0 Å². The number of halogens is 3. The molecule has 0 bridgehead atoms. The van der Waals surface area contributed by atoms with Gasteiger partial charge in [0, 0.05) is 36.7 Å². The van der Waals surface area contributed by atoms with Crippen LogP contribution in [0.25, 0.3) is 0 Å². The van der Waals surface area contributed by atoms with E-state index in [0.717, 1.165) is 22.3 Å². The number of ether oxygens (including phenoxy) is 1. The molecule has 0 aliphatic rings. The largest absolute Gasteiger partial charge is 0.478 e. The molecule has 2 aromatic rings. The van der Waals surface area contributed by atoms with E-state index in [9.17, 15) is 13.2 Å². The Bertz CT molecular complexity index is 748. The molecule has 0 spiro atoms. The van der Waals surface area contributed by atoms with Crippen molar-refractivity contribution < 1.29 is 17.9 Å². The molecule has 27 heavy (non-hydrogen) atoms. The molecule has 0 aliphatic carbocycles. The van der Waals surface area contributed by atoms with Crippen LogP contribution in [-0.2, 0) is 19.1 Å². The molecule has 6 nitrogen and oxygen atoms in total. The van der Waals surface area contributed by atoms with E-state index in [1.807, 2.05) is 26.0 Å². The van der Waals surface area contributed by atoms with Crippen LogP contribution in [0.1, 0.15) is 30.1 Å². The molecule has 2 heterocycles. The Hall–Kier alpha value is -2.36. The lowest BCUT2D eigenvalue weighted by Gasteiger charge is -2.11. The van der Waals surface area contributed by atoms with Crippen LogP contribution in [0, 0.1) is 0 Å². The van der Waals surface area contributed by atoms with Gasteiger partial charge in [0.15, 0.2) is 11.7 Å². The van der Waals surface area contributed by atoms with Crippen molar-refractivity contribution in [1.82, 2.24) is 20.6 Å². The zero-order chi connectivity index (χ0) is 19.7. The topological polar surface area (TPSA) is 71.4 Å². The van der Waals surface area contributed by atoms with Crippen LogP contribution in [0.5, 0.6) is 5.88 Å². The maximum atomic E-state index is 12.6. The standard InChI is InChI=1S/C17H22F3N5OS/c1-3-21-16(24-10-12-6-5-8-22-15(12)26-4-2)23-9-7-14-25-13(11-27-14)17(18,19)20/h5-6,8,11H,3-4,7,9-10H2,1-2H3,(H2,21,23,24). The van der Waals surface area contributed by atoms with E-state index in [1.54, 1.807) is 6.20 Å². The predicted octanol–water partition coefficient (Wildman–Crippen LogP) is 3.25. The molecule has 10 heteroatoms. The average molecular weight is 401 g/mol. The SMILES string of the molecule is CCNC(=NCc1cccnc1OCC)NCCc1nc(C(F)(F)F)cs1. The fraction of sp³-hybridized carbons (Fsp3) is 0.471. The van der Waals surface area contributed by atoms with Crippen molar-refractivity contribution in [2.45, 2.75) is 33.0 Å². The highest BCUT2D eigenvalue weighted by atomic mass is 32.1. The highest BCUT2D eigenvalue weighted by Gasteiger charge is 2.33. The van der Waals surface area contributed by atoms with Gasteiger partial charge < -0.3 is 15.4 Å². The predicted molar refractivity (Wildman–Crippen MR) is 99.0 cm³/mol. The fourth-order valence-electron chi connectivity index (χ4n) is 2.16. The van der Waals surface area contributed by atoms with Gasteiger partial charge in [-0.3, -0.25) is 0 Å². The summed E-state index contributed by atoms with van der Waals surface area (Å²) in [6.45, 7) is 5.78. The molecule has 2 N–H and O–H groups in total. The second-order valence-corrected chi connectivity index (χ2v) is 6.34. The fourth-order valence-corrected chi connectivity index (χ4v) is 2.97. The third-order valence-corrected chi connectivity index (χ3v) is 4.26. The first-order valence-electron chi connectivity index (χ1n) is 8.54. The van der Waals surface area contributed by atoms with Crippen molar-refractivity contribution in [3.63, 3.8) is 0 Å². The van der Waals surface area contributed by atoms with Crippen molar-refractivity contribution >= 4 is 17.3 Å². The molecule has 0 fully saturated rings. The number of rotatable bonds is 8. The maximum absolute atomic E-state index is 12.6. The van der Waals surface area contributed by atoms with E-state index in [2.05, 4.69) is 25.6 Å². The number of pyridine rings is 1. The quantitative estimate of drug-likeness (QED) is 0.525. The lowest BCUT2D eigenvalue weighted by Crippen LogP contribution is -2.38. The Morgan fingerprint density at radius 1 is 1.30 bits per heavy atom. The number of alkyl halides is 3. The van der Waals surface area contributed by atoms with E-state index >= 15 is 0 Å². The first-order valence-corrected chi connectivity index (χ1v) is 9.42. The summed E-state index contributed by atoms with van der Waals surface area (Å²) in [4.78, 5) is 12.3. The second-order valence-electron chi connectivity index (χ2n) is 5.40. The summed E-state index contributed by atoms with van der Waals surface area (Å²) < 4.78 is 43.2. The van der Waals surface area contributed by atoms with Gasteiger partial charge in [0.2, 0.25) is 5.88 Å². The van der Waals surface area contributed by atoms with E-state index in [4.69, 9.17) is 4.74 Å². The summed E-state index contributed by atoms with van der Waals surface area (Å²) in [7, 11) is 0. The minimum absolute atomic E-state index is 0.369. The smallest absolute Gasteiger partial charge is 0.434 e. The van der Waals surface area contributed by atoms with Crippen molar-refractivity contribution in [2.75, 3.05) is 19.7 Å². The molecule has 148 valence electrons. The Morgan fingerprint density at radius 3 is 2.78 bits per heavy atom. The molecule has 0 aromatic carbocycles. The monoisotopic (exact) mass is 401 g/mol. The summed E-state index contributed by atoms with van der Waals surface area (Å²) in [6, 6.07) is 3.70. The highest BCUT2D eigenvalue weighted by molar-refractivity contribution is 7.09. The normalized spacial score (nSPS) is 12.1. The van der Waals surface area contributed by atoms with Gasteiger partial charge in [-0.2, -0.15) is 13.2 Å². The third kappa shape index (κ3) is 6.70. The van der Waals surface area contributed by atoms with Gasteiger partial charge in [-0.05, 0) is 19.9 Å². The molecular weight excluding hydrogens is 379 g/mol. The first kappa shape index (κ1) is 20.9. The van der Waals surface area contributed by atoms with Crippen molar-refractivity contribution in [1.29, 1.82) is 0 Å². The van der Waals surface area contributed by atoms with Gasteiger partial charge in [-0.15, -0.1) is 11.3 Å². The molecule has 0 saturated carbocycles. The van der Waals surface area contributed by atoms with Gasteiger partial charge in [0.25, 0.3) is 0 Å². The molecule has 0 aliphatic heterocycles. The number of nitrogens with one attached hydrogen (secondary N) is 2. The first-order chi connectivity index (χ1) is 12.9. The molecule has 0 atom stereocenters. The number of thiazole rings is 1. The Labute approximate surface area is 159 Å². The van der Waals surface area contributed by atoms with Gasteiger partial charge in [0.1, 0.15) is 0 Å². The molecule has 0 radical (unpaired) electrons. The summed E-state index contributed by atoms with van der Waals surface area (Å²) >= 11 is 1.00. The van der Waals surface area contributed by atoms with Crippen LogP contribution in [0.4, 0.5) is 13.2 Å². The van der Waals surface area contributed by atoms with Gasteiger partial charge in [-0.25, -0.2) is 15.0 Å². The van der Waals surface area contributed by atoms with Crippen LogP contribution in [0.15, 0.2) is 28.7 Å². The molecule has 2 aromatic heterocycles. The number of hydrogen-bond acceptors (Lipinski definition) is 5. The number of aliphatic imine (C=N–C) groups is 1. The van der Waals surface area contributed by atoms with Gasteiger partial charge in [0.05, 0.1) is 18.2 Å². The molecule has 0 unspecified atom stereocenters. The van der Waals surface area contributed by atoms with E-state index in [1.165, 1.54) is 0 Å². The minimum atomic E-state index is -4.40. The van der Waals surface area contributed by atoms with Crippen LogP contribution in [0.2, 0.25) is 0 Å². The maximum Gasteiger partial charge on any atom is 0.434 e. The van der Waals surface area contributed by atoms with E-state index in [-0.39, 0.29) is 0 Å². The van der Waals surface area contributed by atoms with Crippen molar-refractivity contribution in [3.05, 3.63) is 40.0 Å². The molecule has 0 saturated heterocycles. The summed E-state index contributed by atoms with van der Waals surface area (Å²) in [5, 5.41) is 7.66.